The Bertz CT molecular complexity index is 1820. The number of nitro benzene ring substituents is 1. The topological polar surface area (TPSA) is 124 Å². The lowest BCUT2D eigenvalue weighted by Crippen LogP contribution is -2.27. The maximum absolute atomic E-state index is 13.2. The summed E-state index contributed by atoms with van der Waals surface area (Å²) in [5.74, 6) is -0.439. The van der Waals surface area contributed by atoms with Crippen molar-refractivity contribution in [3.05, 3.63) is 117 Å². The molecule has 0 unspecified atom stereocenters. The Kier molecular flexibility index (Phi) is 6.84. The number of fused-ring (bicyclic) bond motifs is 1. The van der Waals surface area contributed by atoms with Gasteiger partial charge in [0, 0.05) is 6.07 Å². The molecule has 1 saturated heterocycles. The molecule has 10 nitrogen and oxygen atoms in total. The van der Waals surface area contributed by atoms with Crippen molar-refractivity contribution in [2.24, 2.45) is 0 Å². The minimum absolute atomic E-state index is 0.134. The van der Waals surface area contributed by atoms with Gasteiger partial charge in [-0.3, -0.25) is 24.6 Å². The third-order valence-corrected chi connectivity index (χ3v) is 8.11. The fraction of sp³-hybridized carbons (Fsp3) is 0.0357. The van der Waals surface area contributed by atoms with Crippen LogP contribution in [0.1, 0.15) is 11.1 Å². The summed E-state index contributed by atoms with van der Waals surface area (Å²) in [5.41, 5.74) is 1.83. The van der Waals surface area contributed by atoms with Gasteiger partial charge in [-0.05, 0) is 80.1 Å². The van der Waals surface area contributed by atoms with Crippen molar-refractivity contribution in [1.82, 2.24) is 25.1 Å². The first-order chi connectivity index (χ1) is 19.5. The lowest BCUT2D eigenvalue weighted by atomic mass is 10.0. The normalized spacial score (nSPS) is 14.4. The number of rotatable bonds is 7. The fourth-order valence-electron chi connectivity index (χ4n) is 4.31. The van der Waals surface area contributed by atoms with E-state index in [0.717, 1.165) is 39.9 Å². The van der Waals surface area contributed by atoms with E-state index < -0.39 is 16.1 Å². The average molecular weight is 567 g/mol. The summed E-state index contributed by atoms with van der Waals surface area (Å²) >= 11 is 1.87. The molecule has 0 N–H and O–H groups in total. The number of nitro groups is 1. The van der Waals surface area contributed by atoms with Crippen molar-refractivity contribution in [3.63, 3.8) is 0 Å². The molecule has 196 valence electrons. The number of hydrogen-bond donors (Lipinski definition) is 0. The van der Waals surface area contributed by atoms with Crippen LogP contribution in [-0.4, -0.2) is 41.2 Å². The molecule has 1 aliphatic rings. The predicted molar refractivity (Wildman–Crippen MR) is 152 cm³/mol. The zero-order valence-electron chi connectivity index (χ0n) is 20.6. The molecule has 4 aromatic carbocycles. The standard InChI is InChI=1S/C28H18N6O4S2/c35-26-25(40-28(36)32(26)17-20-9-6-8-19-7-4-5-12-22(19)20)16-18-13-14-24(23(15-18)34(37)38)39-27-29-30-31-33(27)21-10-2-1-3-11-21/h1-16H,17H2/b25-16-. The van der Waals surface area contributed by atoms with Gasteiger partial charge in [-0.1, -0.05) is 66.7 Å². The number of imide groups is 1. The zero-order chi connectivity index (χ0) is 27.6. The highest BCUT2D eigenvalue weighted by molar-refractivity contribution is 8.18. The molecule has 0 radical (unpaired) electrons. The molecule has 0 atom stereocenters. The summed E-state index contributed by atoms with van der Waals surface area (Å²) < 4.78 is 1.49. The summed E-state index contributed by atoms with van der Waals surface area (Å²) in [7, 11) is 0. The molecule has 6 rings (SSSR count). The number of amides is 2. The molecule has 40 heavy (non-hydrogen) atoms. The number of hydrogen-bond acceptors (Lipinski definition) is 9. The Morgan fingerprint density at radius 1 is 0.950 bits per heavy atom. The number of aromatic nitrogens is 4. The van der Waals surface area contributed by atoms with Crippen LogP contribution in [0.15, 0.2) is 106 Å². The van der Waals surface area contributed by atoms with Crippen molar-refractivity contribution in [2.45, 2.75) is 16.6 Å². The van der Waals surface area contributed by atoms with Gasteiger partial charge in [0.2, 0.25) is 5.16 Å². The second kappa shape index (κ2) is 10.8. The van der Waals surface area contributed by atoms with E-state index in [9.17, 15) is 19.7 Å². The van der Waals surface area contributed by atoms with E-state index in [0.29, 0.717) is 21.3 Å². The van der Waals surface area contributed by atoms with Gasteiger partial charge in [-0.25, -0.2) is 0 Å². The maximum Gasteiger partial charge on any atom is 0.293 e. The van der Waals surface area contributed by atoms with Gasteiger partial charge in [0.25, 0.3) is 16.8 Å². The van der Waals surface area contributed by atoms with Gasteiger partial charge >= 0.3 is 0 Å². The molecule has 12 heteroatoms. The van der Waals surface area contributed by atoms with Crippen LogP contribution in [0.5, 0.6) is 0 Å². The van der Waals surface area contributed by atoms with E-state index in [1.54, 1.807) is 12.1 Å². The first kappa shape index (κ1) is 25.5. The maximum atomic E-state index is 13.2. The molecule has 0 bridgehead atoms. The molecule has 1 fully saturated rings. The largest absolute Gasteiger partial charge is 0.293 e. The SMILES string of the molecule is O=C1S/C(=C\c2ccc(Sc3nnnn3-c3ccccc3)c([N+](=O)[O-])c2)C(=O)N1Cc1cccc2ccccc12. The van der Waals surface area contributed by atoms with Crippen molar-refractivity contribution in [3.8, 4) is 5.69 Å². The van der Waals surface area contributed by atoms with Crippen LogP contribution in [0.25, 0.3) is 22.5 Å². The lowest BCUT2D eigenvalue weighted by molar-refractivity contribution is -0.387. The Hall–Kier alpha value is -4.81. The fourth-order valence-corrected chi connectivity index (χ4v) is 6.03. The van der Waals surface area contributed by atoms with Crippen LogP contribution in [0.2, 0.25) is 0 Å². The Morgan fingerprint density at radius 2 is 1.73 bits per heavy atom. The third-order valence-electron chi connectivity index (χ3n) is 6.20. The molecule has 2 heterocycles. The number of tetrazole rings is 1. The number of carbonyl (C=O) groups is 2. The lowest BCUT2D eigenvalue weighted by Gasteiger charge is -2.14. The van der Waals surface area contributed by atoms with Crippen molar-refractivity contribution in [2.75, 3.05) is 0 Å². The highest BCUT2D eigenvalue weighted by Crippen LogP contribution is 2.38. The summed E-state index contributed by atoms with van der Waals surface area (Å²) in [5, 5.41) is 25.6. The van der Waals surface area contributed by atoms with Gasteiger partial charge in [0.1, 0.15) is 0 Å². The van der Waals surface area contributed by atoms with Gasteiger partial charge in [-0.2, -0.15) is 4.68 Å². The highest BCUT2D eigenvalue weighted by Gasteiger charge is 2.35. The molecule has 2 amide bonds. The predicted octanol–water partition coefficient (Wildman–Crippen LogP) is 6.11. The number of benzene rings is 4. The van der Waals surface area contributed by atoms with Crippen LogP contribution in [0.4, 0.5) is 10.5 Å². The van der Waals surface area contributed by atoms with E-state index in [1.165, 1.54) is 21.7 Å². The van der Waals surface area contributed by atoms with Crippen molar-refractivity contribution >= 4 is 57.2 Å². The van der Waals surface area contributed by atoms with Crippen LogP contribution in [0, 0.1) is 10.1 Å². The Labute approximate surface area is 235 Å². The third kappa shape index (κ3) is 4.97. The van der Waals surface area contributed by atoms with Crippen LogP contribution >= 0.6 is 23.5 Å². The van der Waals surface area contributed by atoms with Crippen molar-refractivity contribution < 1.29 is 14.5 Å². The van der Waals surface area contributed by atoms with Gasteiger partial charge in [-0.15, -0.1) is 5.10 Å². The molecule has 0 spiro atoms. The van der Waals surface area contributed by atoms with E-state index in [-0.39, 0.29) is 17.1 Å². The van der Waals surface area contributed by atoms with Gasteiger partial charge < -0.3 is 0 Å². The van der Waals surface area contributed by atoms with Crippen molar-refractivity contribution in [1.29, 1.82) is 0 Å². The van der Waals surface area contributed by atoms with E-state index in [1.807, 2.05) is 72.8 Å². The molecule has 5 aromatic rings. The highest BCUT2D eigenvalue weighted by atomic mass is 32.2. The molecule has 0 saturated carbocycles. The zero-order valence-corrected chi connectivity index (χ0v) is 22.2. The number of carbonyl (C=O) groups excluding carboxylic acids is 2. The first-order valence-electron chi connectivity index (χ1n) is 12.0. The minimum atomic E-state index is -0.497. The van der Waals surface area contributed by atoms with E-state index in [4.69, 9.17) is 0 Å². The summed E-state index contributed by atoms with van der Waals surface area (Å²) in [6.45, 7) is 0.134. The summed E-state index contributed by atoms with van der Waals surface area (Å²) in [4.78, 5) is 39.1. The molecule has 1 aromatic heterocycles. The Morgan fingerprint density at radius 3 is 2.55 bits per heavy atom. The van der Waals surface area contributed by atoms with E-state index in [2.05, 4.69) is 15.5 Å². The van der Waals surface area contributed by atoms with Gasteiger partial charge in [0.05, 0.1) is 27.0 Å². The molecule has 1 aliphatic heterocycles. The first-order valence-corrected chi connectivity index (χ1v) is 13.6. The van der Waals surface area contributed by atoms with Crippen LogP contribution in [-0.2, 0) is 11.3 Å². The number of nitrogens with zero attached hydrogens (tertiary/aromatic N) is 6. The van der Waals surface area contributed by atoms with Crippen LogP contribution < -0.4 is 0 Å². The monoisotopic (exact) mass is 566 g/mol. The smallest absolute Gasteiger partial charge is 0.268 e. The average Bonchev–Trinajstić information content (AvgIpc) is 3.54. The summed E-state index contributed by atoms with van der Waals surface area (Å²) in [6.07, 6.45) is 1.50. The molecular weight excluding hydrogens is 548 g/mol. The molecule has 0 aliphatic carbocycles. The number of thioether (sulfide) groups is 1. The molecular formula is C28H18N6O4S2. The second-order valence-electron chi connectivity index (χ2n) is 8.70. The van der Waals surface area contributed by atoms with Gasteiger partial charge in [0.15, 0.2) is 0 Å². The minimum Gasteiger partial charge on any atom is -0.268 e. The van der Waals surface area contributed by atoms with E-state index >= 15 is 0 Å². The van der Waals surface area contributed by atoms with Crippen LogP contribution in [0.3, 0.4) is 0 Å². The second-order valence-corrected chi connectivity index (χ2v) is 10.7. The number of para-hydroxylation sites is 1. The quantitative estimate of drug-likeness (QED) is 0.130. The Balaban J connectivity index is 1.26. The summed E-state index contributed by atoms with van der Waals surface area (Å²) in [6, 6.07) is 27.3.